The molecule has 0 bridgehead atoms. The van der Waals surface area contributed by atoms with E-state index in [2.05, 4.69) is 4.98 Å². The molecular weight excluding hydrogens is 256 g/mol. The minimum atomic E-state index is -0.243. The number of benzene rings is 1. The monoisotopic (exact) mass is 266 g/mol. The molecule has 0 atom stereocenters. The number of rotatable bonds is 3. The van der Waals surface area contributed by atoms with Crippen LogP contribution in [0.4, 0.5) is 6.01 Å². The molecule has 1 heterocycles. The molecule has 0 amide bonds. The lowest BCUT2D eigenvalue weighted by molar-refractivity contribution is 0.101. The predicted octanol–water partition coefficient (Wildman–Crippen LogP) is 2.79. The van der Waals surface area contributed by atoms with Crippen LogP contribution in [0, 0.1) is 0 Å². The second-order valence-electron chi connectivity index (χ2n) is 3.63. The molecule has 0 saturated heterocycles. The van der Waals surface area contributed by atoms with Crippen molar-refractivity contribution in [3.05, 3.63) is 28.9 Å². The van der Waals surface area contributed by atoms with Crippen LogP contribution in [-0.4, -0.2) is 17.9 Å². The maximum absolute atomic E-state index is 11.5. The molecule has 0 saturated carbocycles. The fourth-order valence-electron chi connectivity index (χ4n) is 1.62. The van der Waals surface area contributed by atoms with E-state index in [1.165, 1.54) is 14.0 Å². The van der Waals surface area contributed by atoms with Crippen molar-refractivity contribution in [3.63, 3.8) is 0 Å². The van der Waals surface area contributed by atoms with E-state index in [4.69, 9.17) is 26.5 Å². The van der Waals surface area contributed by atoms with Crippen LogP contribution in [0.25, 0.3) is 11.3 Å². The predicted molar refractivity (Wildman–Crippen MR) is 67.9 cm³/mol. The summed E-state index contributed by atoms with van der Waals surface area (Å²) in [4.78, 5) is 15.3. The van der Waals surface area contributed by atoms with Gasteiger partial charge in [0.05, 0.1) is 12.7 Å². The number of halogens is 1. The van der Waals surface area contributed by atoms with Gasteiger partial charge in [-0.3, -0.25) is 4.79 Å². The van der Waals surface area contributed by atoms with E-state index >= 15 is 0 Å². The molecule has 0 aliphatic heterocycles. The third-order valence-corrected chi connectivity index (χ3v) is 2.62. The molecule has 0 radical (unpaired) electrons. The van der Waals surface area contributed by atoms with Crippen LogP contribution in [0.15, 0.2) is 22.6 Å². The zero-order valence-corrected chi connectivity index (χ0v) is 10.6. The molecule has 2 aromatic rings. The smallest absolute Gasteiger partial charge is 0.293 e. The summed E-state index contributed by atoms with van der Waals surface area (Å²) in [6, 6.07) is 4.92. The summed E-state index contributed by atoms with van der Waals surface area (Å²) in [6.07, 6.45) is 0. The first-order valence-corrected chi connectivity index (χ1v) is 5.52. The number of ketones is 1. The SMILES string of the molecule is COc1ccc(Cl)cc1-c1oc(N)nc1C(C)=O. The number of nitrogens with two attached hydrogens (primary N) is 1. The van der Waals surface area contributed by atoms with Crippen LogP contribution in [0.2, 0.25) is 5.02 Å². The highest BCUT2D eigenvalue weighted by atomic mass is 35.5. The number of carbonyl (C=O) groups excluding carboxylic acids is 1. The summed E-state index contributed by atoms with van der Waals surface area (Å²) < 4.78 is 10.5. The Hall–Kier alpha value is -2.01. The summed E-state index contributed by atoms with van der Waals surface area (Å²) >= 11 is 5.93. The average molecular weight is 267 g/mol. The molecule has 1 aromatic carbocycles. The van der Waals surface area contributed by atoms with Gasteiger partial charge < -0.3 is 14.9 Å². The van der Waals surface area contributed by atoms with Gasteiger partial charge in [-0.15, -0.1) is 0 Å². The quantitative estimate of drug-likeness (QED) is 0.864. The van der Waals surface area contributed by atoms with Gasteiger partial charge in [-0.1, -0.05) is 11.6 Å². The van der Waals surface area contributed by atoms with Gasteiger partial charge in [0.2, 0.25) is 0 Å². The Morgan fingerprint density at radius 1 is 1.50 bits per heavy atom. The van der Waals surface area contributed by atoms with Crippen molar-refractivity contribution in [2.75, 3.05) is 12.8 Å². The number of anilines is 1. The normalized spacial score (nSPS) is 10.4. The summed E-state index contributed by atoms with van der Waals surface area (Å²) in [5.41, 5.74) is 6.18. The molecule has 5 nitrogen and oxygen atoms in total. The number of nitrogen functional groups attached to an aromatic ring is 1. The fraction of sp³-hybridized carbons (Fsp3) is 0.167. The zero-order valence-electron chi connectivity index (χ0n) is 9.86. The van der Waals surface area contributed by atoms with Crippen molar-refractivity contribution in [1.82, 2.24) is 4.98 Å². The van der Waals surface area contributed by atoms with Crippen LogP contribution < -0.4 is 10.5 Å². The van der Waals surface area contributed by atoms with Crippen LogP contribution in [-0.2, 0) is 0 Å². The second-order valence-corrected chi connectivity index (χ2v) is 4.07. The van der Waals surface area contributed by atoms with Gasteiger partial charge in [-0.25, -0.2) is 0 Å². The van der Waals surface area contributed by atoms with Crippen LogP contribution in [0.5, 0.6) is 5.75 Å². The van der Waals surface area contributed by atoms with Crippen molar-refractivity contribution in [2.24, 2.45) is 0 Å². The highest BCUT2D eigenvalue weighted by molar-refractivity contribution is 6.31. The molecule has 0 fully saturated rings. The van der Waals surface area contributed by atoms with E-state index in [1.807, 2.05) is 0 Å². The summed E-state index contributed by atoms with van der Waals surface area (Å²) in [5.74, 6) is 0.546. The lowest BCUT2D eigenvalue weighted by atomic mass is 10.1. The molecule has 0 aliphatic rings. The van der Waals surface area contributed by atoms with E-state index in [9.17, 15) is 4.79 Å². The Morgan fingerprint density at radius 3 is 2.83 bits per heavy atom. The molecule has 2 N–H and O–H groups in total. The Labute approximate surface area is 109 Å². The van der Waals surface area contributed by atoms with E-state index in [-0.39, 0.29) is 23.3 Å². The first-order valence-electron chi connectivity index (χ1n) is 5.14. The number of aromatic nitrogens is 1. The molecule has 6 heteroatoms. The molecule has 0 spiro atoms. The minimum Gasteiger partial charge on any atom is -0.496 e. The van der Waals surface area contributed by atoms with Crippen LogP contribution in [0.3, 0.4) is 0 Å². The molecule has 0 aliphatic carbocycles. The Balaban J connectivity index is 2.68. The number of nitrogens with zero attached hydrogens (tertiary/aromatic N) is 1. The standard InChI is InChI=1S/C12H11ClN2O3/c1-6(16)10-11(18-12(14)15-10)8-5-7(13)3-4-9(8)17-2/h3-5H,1-2H3,(H2,14,15). The van der Waals surface area contributed by atoms with Gasteiger partial charge in [-0.05, 0) is 18.2 Å². The summed E-state index contributed by atoms with van der Waals surface area (Å²) in [6.45, 7) is 1.39. The minimum absolute atomic E-state index is 0.0720. The van der Waals surface area contributed by atoms with Crippen molar-refractivity contribution >= 4 is 23.4 Å². The number of ether oxygens (including phenoxy) is 1. The zero-order chi connectivity index (χ0) is 13.3. The van der Waals surface area contributed by atoms with Crippen LogP contribution in [0.1, 0.15) is 17.4 Å². The Kier molecular flexibility index (Phi) is 3.25. The third kappa shape index (κ3) is 2.17. The van der Waals surface area contributed by atoms with Gasteiger partial charge in [0, 0.05) is 11.9 Å². The Bertz CT molecular complexity index is 607. The van der Waals surface area contributed by atoms with Crippen molar-refractivity contribution in [2.45, 2.75) is 6.92 Å². The molecule has 18 heavy (non-hydrogen) atoms. The second kappa shape index (κ2) is 4.70. The average Bonchev–Trinajstić information content (AvgIpc) is 2.71. The third-order valence-electron chi connectivity index (χ3n) is 2.38. The van der Waals surface area contributed by atoms with Gasteiger partial charge >= 0.3 is 0 Å². The first-order chi connectivity index (χ1) is 8.52. The first kappa shape index (κ1) is 12.4. The number of carbonyl (C=O) groups is 1. The van der Waals surface area contributed by atoms with Crippen molar-refractivity contribution < 1.29 is 13.9 Å². The number of Topliss-reactive ketones (excluding diaryl/α,β-unsaturated/α-hetero) is 1. The molecule has 94 valence electrons. The number of hydrogen-bond acceptors (Lipinski definition) is 5. The highest BCUT2D eigenvalue weighted by Gasteiger charge is 2.20. The lowest BCUT2D eigenvalue weighted by Gasteiger charge is -2.06. The topological polar surface area (TPSA) is 78.3 Å². The van der Waals surface area contributed by atoms with Crippen molar-refractivity contribution in [3.8, 4) is 17.1 Å². The largest absolute Gasteiger partial charge is 0.496 e. The van der Waals surface area contributed by atoms with E-state index in [0.717, 1.165) is 0 Å². The lowest BCUT2D eigenvalue weighted by Crippen LogP contribution is -1.97. The molecular formula is C12H11ClN2O3. The van der Waals surface area contributed by atoms with Crippen LogP contribution >= 0.6 is 11.6 Å². The Morgan fingerprint density at radius 2 is 2.22 bits per heavy atom. The number of oxazole rings is 1. The maximum Gasteiger partial charge on any atom is 0.293 e. The van der Waals surface area contributed by atoms with E-state index < -0.39 is 0 Å². The van der Waals surface area contributed by atoms with Gasteiger partial charge in [0.1, 0.15) is 5.75 Å². The highest BCUT2D eigenvalue weighted by Crippen LogP contribution is 2.35. The van der Waals surface area contributed by atoms with Gasteiger partial charge in [0.25, 0.3) is 6.01 Å². The molecule has 1 aromatic heterocycles. The maximum atomic E-state index is 11.5. The summed E-state index contributed by atoms with van der Waals surface area (Å²) in [5, 5.41) is 0.496. The summed E-state index contributed by atoms with van der Waals surface area (Å²) in [7, 11) is 1.51. The van der Waals surface area contributed by atoms with E-state index in [0.29, 0.717) is 16.3 Å². The fourth-order valence-corrected chi connectivity index (χ4v) is 1.79. The molecule has 2 rings (SSSR count). The van der Waals surface area contributed by atoms with Crippen molar-refractivity contribution in [1.29, 1.82) is 0 Å². The van der Waals surface area contributed by atoms with E-state index in [1.54, 1.807) is 18.2 Å². The molecule has 0 unspecified atom stereocenters. The van der Waals surface area contributed by atoms with Gasteiger partial charge in [0.15, 0.2) is 17.2 Å². The number of methoxy groups -OCH3 is 1. The number of hydrogen-bond donors (Lipinski definition) is 1. The van der Waals surface area contributed by atoms with Gasteiger partial charge in [-0.2, -0.15) is 4.98 Å².